The van der Waals surface area contributed by atoms with Gasteiger partial charge in [0.1, 0.15) is 11.1 Å². The zero-order chi connectivity index (χ0) is 26.8. The first-order valence-corrected chi connectivity index (χ1v) is 12.7. The molecule has 4 aromatic rings. The Morgan fingerprint density at radius 1 is 1.16 bits per heavy atom. The molecule has 0 radical (unpaired) electrons. The van der Waals surface area contributed by atoms with Crippen molar-refractivity contribution in [3.8, 4) is 0 Å². The Hall–Kier alpha value is -4.08. The average Bonchev–Trinajstić information content (AvgIpc) is 3.47. The monoisotopic (exact) mass is 516 g/mol. The maximum Gasteiger partial charge on any atom is 0.410 e. The number of carbonyl (C=O) groups excluding carboxylic acids is 2. The molecule has 2 unspecified atom stereocenters. The number of nitrogens with zero attached hydrogens (tertiary/aromatic N) is 5. The smallest absolute Gasteiger partial charge is 0.410 e. The number of aryl methyl sites for hydroxylation is 1. The van der Waals surface area contributed by atoms with Gasteiger partial charge in [-0.15, -0.1) is 0 Å². The summed E-state index contributed by atoms with van der Waals surface area (Å²) in [5.74, 6) is -0.628. The van der Waals surface area contributed by atoms with E-state index in [-0.39, 0.29) is 17.2 Å². The molecule has 1 aromatic carbocycles. The molecule has 1 saturated heterocycles. The van der Waals surface area contributed by atoms with Gasteiger partial charge in [-0.2, -0.15) is 0 Å². The van der Waals surface area contributed by atoms with E-state index in [1.165, 1.54) is 6.07 Å². The van der Waals surface area contributed by atoms with E-state index in [2.05, 4.69) is 20.3 Å². The average molecular weight is 517 g/mol. The predicted molar refractivity (Wildman–Crippen MR) is 140 cm³/mol. The largest absolute Gasteiger partial charge is 0.444 e. The van der Waals surface area contributed by atoms with Gasteiger partial charge in [-0.1, -0.05) is 6.07 Å². The van der Waals surface area contributed by atoms with E-state index in [1.54, 1.807) is 47.1 Å². The Morgan fingerprint density at radius 2 is 1.92 bits per heavy atom. The summed E-state index contributed by atoms with van der Waals surface area (Å²) < 4.78 is 21.7. The normalized spacial score (nSPS) is 20.9. The molecule has 2 atom stereocenters. The van der Waals surface area contributed by atoms with Gasteiger partial charge in [0.15, 0.2) is 11.5 Å². The second kappa shape index (κ2) is 8.47. The molecule has 1 saturated carbocycles. The van der Waals surface area contributed by atoms with Gasteiger partial charge < -0.3 is 19.4 Å². The number of fused-ring (bicyclic) bond motifs is 3. The molecular weight excluding hydrogens is 487 g/mol. The van der Waals surface area contributed by atoms with Crippen LogP contribution in [0.4, 0.5) is 14.9 Å². The summed E-state index contributed by atoms with van der Waals surface area (Å²) in [6.07, 6.45) is 7.96. The maximum absolute atomic E-state index is 14.5. The number of likely N-dealkylation sites (tertiary alicyclic amines) is 1. The first kappa shape index (κ1) is 24.3. The Kier molecular flexibility index (Phi) is 5.41. The van der Waals surface area contributed by atoms with E-state index in [4.69, 9.17) is 4.74 Å². The number of hydrogen-bond donors (Lipinski definition) is 1. The van der Waals surface area contributed by atoms with Gasteiger partial charge in [0.25, 0.3) is 5.91 Å². The van der Waals surface area contributed by atoms with E-state index in [1.807, 2.05) is 26.8 Å². The highest BCUT2D eigenvalue weighted by molar-refractivity contribution is 6.12. The first-order chi connectivity index (χ1) is 18.0. The van der Waals surface area contributed by atoms with Crippen molar-refractivity contribution in [2.24, 2.45) is 5.92 Å². The van der Waals surface area contributed by atoms with Crippen LogP contribution < -0.4 is 5.32 Å². The molecule has 3 aromatic heterocycles. The standard InChI is InChI=1S/C28H29FN6O3/c1-16-13-35-15-18(11-21(29)24(35)32-16)33-25(36)19-5-6-20(23-22(19)30-8-9-31-23)28-7-10-34(14-17(28)12-28)26(37)38-27(2,3)4/h5-6,8-9,11,13,15,17H,7,10,12,14H2,1-4H3,(H,33,36). The van der Waals surface area contributed by atoms with Crippen LogP contribution in [0.15, 0.2) is 43.0 Å². The van der Waals surface area contributed by atoms with Crippen molar-refractivity contribution >= 4 is 34.4 Å². The van der Waals surface area contributed by atoms with Gasteiger partial charge in [-0.05, 0) is 58.1 Å². The summed E-state index contributed by atoms with van der Waals surface area (Å²) in [6.45, 7) is 8.60. The molecule has 38 heavy (non-hydrogen) atoms. The molecule has 2 aliphatic rings. The van der Waals surface area contributed by atoms with E-state index >= 15 is 0 Å². The van der Waals surface area contributed by atoms with Crippen LogP contribution in [0, 0.1) is 18.7 Å². The third-order valence-electron chi connectivity index (χ3n) is 7.44. The molecule has 0 spiro atoms. The summed E-state index contributed by atoms with van der Waals surface area (Å²) >= 11 is 0. The van der Waals surface area contributed by atoms with Gasteiger partial charge in [0, 0.05) is 49.4 Å². The third-order valence-corrected chi connectivity index (χ3v) is 7.44. The summed E-state index contributed by atoms with van der Waals surface area (Å²) in [4.78, 5) is 41.0. The van der Waals surface area contributed by atoms with Crippen LogP contribution in [0.5, 0.6) is 0 Å². The number of imidazole rings is 1. The Bertz CT molecular complexity index is 1610. The van der Waals surface area contributed by atoms with Crippen molar-refractivity contribution < 1.29 is 18.7 Å². The number of anilines is 1. The number of benzene rings is 1. The molecule has 1 aliphatic heterocycles. The van der Waals surface area contributed by atoms with Crippen molar-refractivity contribution in [1.29, 1.82) is 0 Å². The molecule has 2 fully saturated rings. The number of carbonyl (C=O) groups is 2. The summed E-state index contributed by atoms with van der Waals surface area (Å²) in [5, 5.41) is 2.79. The number of hydrogen-bond acceptors (Lipinski definition) is 6. The van der Waals surface area contributed by atoms with Crippen molar-refractivity contribution in [3.05, 3.63) is 65.6 Å². The zero-order valence-corrected chi connectivity index (χ0v) is 21.8. The number of halogens is 1. The summed E-state index contributed by atoms with van der Waals surface area (Å²) in [6, 6.07) is 4.98. The number of rotatable bonds is 3. The van der Waals surface area contributed by atoms with Crippen molar-refractivity contribution in [2.45, 2.75) is 51.6 Å². The number of pyridine rings is 1. The summed E-state index contributed by atoms with van der Waals surface area (Å²) in [5.41, 5.74) is 3.15. The summed E-state index contributed by atoms with van der Waals surface area (Å²) in [7, 11) is 0. The van der Waals surface area contributed by atoms with E-state index in [0.717, 1.165) is 18.4 Å². The molecule has 2 amide bonds. The van der Waals surface area contributed by atoms with Crippen LogP contribution in [0.1, 0.15) is 55.2 Å². The lowest BCUT2D eigenvalue weighted by Crippen LogP contribution is -2.43. The number of piperidine rings is 1. The Morgan fingerprint density at radius 3 is 2.66 bits per heavy atom. The molecule has 1 aliphatic carbocycles. The third kappa shape index (κ3) is 4.13. The lowest BCUT2D eigenvalue weighted by molar-refractivity contribution is 0.0199. The maximum atomic E-state index is 14.5. The topological polar surface area (TPSA) is 102 Å². The number of ether oxygens (including phenoxy) is 1. The minimum atomic E-state index is -0.535. The molecule has 0 bridgehead atoms. The molecule has 4 heterocycles. The lowest BCUT2D eigenvalue weighted by Gasteiger charge is -2.33. The second-order valence-corrected chi connectivity index (χ2v) is 11.3. The molecule has 9 nitrogen and oxygen atoms in total. The Labute approximate surface area is 219 Å². The van der Waals surface area contributed by atoms with Crippen LogP contribution in [0.3, 0.4) is 0 Å². The van der Waals surface area contributed by atoms with Gasteiger partial charge in [0.2, 0.25) is 0 Å². The molecular formula is C28H29FN6O3. The molecule has 1 N–H and O–H groups in total. The van der Waals surface area contributed by atoms with Crippen LogP contribution in [0.25, 0.3) is 16.7 Å². The minimum Gasteiger partial charge on any atom is -0.444 e. The highest BCUT2D eigenvalue weighted by Gasteiger charge is 2.59. The van der Waals surface area contributed by atoms with E-state index in [0.29, 0.717) is 47.0 Å². The second-order valence-electron chi connectivity index (χ2n) is 11.3. The zero-order valence-electron chi connectivity index (χ0n) is 21.8. The molecule has 10 heteroatoms. The fourth-order valence-corrected chi connectivity index (χ4v) is 5.66. The van der Waals surface area contributed by atoms with Crippen LogP contribution in [-0.4, -0.2) is 54.9 Å². The quantitative estimate of drug-likeness (QED) is 0.417. The lowest BCUT2D eigenvalue weighted by atomic mass is 9.85. The van der Waals surface area contributed by atoms with Gasteiger partial charge in [0.05, 0.1) is 22.5 Å². The fraction of sp³-hybridized carbons (Fsp3) is 0.393. The van der Waals surface area contributed by atoms with Crippen LogP contribution >= 0.6 is 0 Å². The first-order valence-electron chi connectivity index (χ1n) is 12.7. The SMILES string of the molecule is Cc1cn2cc(NC(=O)c3ccc(C45CCN(C(=O)OC(C)(C)C)CC4C5)c4nccnc34)cc(F)c2n1. The van der Waals surface area contributed by atoms with E-state index in [9.17, 15) is 14.0 Å². The van der Waals surface area contributed by atoms with E-state index < -0.39 is 17.3 Å². The number of nitrogens with one attached hydrogen (secondary N) is 1. The van der Waals surface area contributed by atoms with Gasteiger partial charge in [-0.3, -0.25) is 14.8 Å². The van der Waals surface area contributed by atoms with Crippen molar-refractivity contribution in [3.63, 3.8) is 0 Å². The number of amides is 2. The van der Waals surface area contributed by atoms with Crippen LogP contribution in [0.2, 0.25) is 0 Å². The van der Waals surface area contributed by atoms with Crippen molar-refractivity contribution in [1.82, 2.24) is 24.3 Å². The van der Waals surface area contributed by atoms with Crippen molar-refractivity contribution in [2.75, 3.05) is 18.4 Å². The van der Waals surface area contributed by atoms with Gasteiger partial charge >= 0.3 is 6.09 Å². The molecule has 196 valence electrons. The minimum absolute atomic E-state index is 0.102. The van der Waals surface area contributed by atoms with Gasteiger partial charge in [-0.25, -0.2) is 14.2 Å². The Balaban J connectivity index is 1.27. The van der Waals surface area contributed by atoms with Crippen LogP contribution in [-0.2, 0) is 10.2 Å². The number of aromatic nitrogens is 4. The highest BCUT2D eigenvalue weighted by Crippen LogP contribution is 2.60. The molecule has 6 rings (SSSR count). The fourth-order valence-electron chi connectivity index (χ4n) is 5.66. The predicted octanol–water partition coefficient (Wildman–Crippen LogP) is 4.88. The highest BCUT2D eigenvalue weighted by atomic mass is 19.1.